The van der Waals surface area contributed by atoms with Gasteiger partial charge in [0, 0.05) is 10.7 Å². The molecule has 4 rings (SSSR count). The average molecular weight is 496 g/mol. The van der Waals surface area contributed by atoms with Crippen molar-refractivity contribution in [2.75, 3.05) is 11.1 Å². The van der Waals surface area contributed by atoms with Crippen molar-refractivity contribution in [1.29, 1.82) is 0 Å². The first-order valence-corrected chi connectivity index (χ1v) is 10.6. The molecular formula is C20H13ClF3N5O3S. The topological polar surface area (TPSA) is 102 Å². The zero-order chi connectivity index (χ0) is 23.6. The number of carbonyl (C=O) groups is 1. The van der Waals surface area contributed by atoms with E-state index in [1.165, 1.54) is 23.0 Å². The smallest absolute Gasteiger partial charge is 0.406 e. The number of nitrogens with one attached hydrogen (secondary N) is 2. The third-order valence-electron chi connectivity index (χ3n) is 4.20. The second kappa shape index (κ2) is 9.16. The largest absolute Gasteiger partial charge is 0.573 e. The maximum absolute atomic E-state index is 12.4. The van der Waals surface area contributed by atoms with Crippen molar-refractivity contribution in [3.63, 3.8) is 0 Å². The first kappa shape index (κ1) is 22.7. The highest BCUT2D eigenvalue weighted by molar-refractivity contribution is 7.99. The van der Waals surface area contributed by atoms with Gasteiger partial charge >= 0.3 is 6.36 Å². The third kappa shape index (κ3) is 5.65. The van der Waals surface area contributed by atoms with E-state index in [9.17, 15) is 22.8 Å². The summed E-state index contributed by atoms with van der Waals surface area (Å²) < 4.78 is 41.9. The number of amides is 1. The Morgan fingerprint density at radius 2 is 1.85 bits per heavy atom. The molecule has 0 aliphatic rings. The van der Waals surface area contributed by atoms with Gasteiger partial charge in [-0.2, -0.15) is 5.10 Å². The van der Waals surface area contributed by atoms with Crippen LogP contribution in [-0.4, -0.2) is 37.8 Å². The van der Waals surface area contributed by atoms with Crippen LogP contribution in [0.15, 0.2) is 64.7 Å². The lowest BCUT2D eigenvalue weighted by Gasteiger charge is -2.10. The van der Waals surface area contributed by atoms with Gasteiger partial charge in [-0.1, -0.05) is 23.4 Å². The Morgan fingerprint density at radius 1 is 1.15 bits per heavy atom. The molecule has 2 aromatic carbocycles. The van der Waals surface area contributed by atoms with Gasteiger partial charge in [-0.3, -0.25) is 9.59 Å². The third-order valence-corrected chi connectivity index (χ3v) is 5.32. The number of thioether (sulfide) groups is 1. The number of halogens is 4. The average Bonchev–Trinajstić information content (AvgIpc) is 3.18. The van der Waals surface area contributed by atoms with Crippen molar-refractivity contribution in [2.45, 2.75) is 11.5 Å². The Morgan fingerprint density at radius 3 is 2.52 bits per heavy atom. The predicted molar refractivity (Wildman–Crippen MR) is 117 cm³/mol. The van der Waals surface area contributed by atoms with Gasteiger partial charge in [-0.25, -0.2) is 9.67 Å². The van der Waals surface area contributed by atoms with E-state index in [1.807, 2.05) is 0 Å². The molecule has 0 saturated carbocycles. The van der Waals surface area contributed by atoms with Gasteiger partial charge in [-0.05, 0) is 48.5 Å². The number of benzene rings is 2. The van der Waals surface area contributed by atoms with Gasteiger partial charge in [0.05, 0.1) is 17.6 Å². The second-order valence-electron chi connectivity index (χ2n) is 6.55. The van der Waals surface area contributed by atoms with Gasteiger partial charge < -0.3 is 15.0 Å². The SMILES string of the molecule is O=C(CSc1nc2c(cnn2-c2ccc(Cl)cc2)c(=O)[nH]1)Nc1ccc(OC(F)(F)F)cc1. The lowest BCUT2D eigenvalue weighted by molar-refractivity contribution is -0.274. The number of nitrogens with zero attached hydrogens (tertiary/aromatic N) is 3. The van der Waals surface area contributed by atoms with Gasteiger partial charge in [0.1, 0.15) is 11.1 Å². The normalized spacial score (nSPS) is 11.5. The van der Waals surface area contributed by atoms with Crippen LogP contribution in [0.5, 0.6) is 5.75 Å². The Kier molecular flexibility index (Phi) is 6.29. The summed E-state index contributed by atoms with van der Waals surface area (Å²) in [5.74, 6) is -0.953. The van der Waals surface area contributed by atoms with E-state index >= 15 is 0 Å². The highest BCUT2D eigenvalue weighted by Gasteiger charge is 2.31. The van der Waals surface area contributed by atoms with Crippen molar-refractivity contribution in [3.8, 4) is 11.4 Å². The lowest BCUT2D eigenvalue weighted by Crippen LogP contribution is -2.17. The Bertz CT molecular complexity index is 1350. The molecule has 0 radical (unpaired) electrons. The minimum absolute atomic E-state index is 0.107. The first-order valence-electron chi connectivity index (χ1n) is 9.20. The predicted octanol–water partition coefficient (Wildman–Crippen LogP) is 4.39. The van der Waals surface area contributed by atoms with E-state index < -0.39 is 23.6 Å². The number of H-pyrrole nitrogens is 1. The summed E-state index contributed by atoms with van der Waals surface area (Å²) in [6, 6.07) is 11.5. The zero-order valence-corrected chi connectivity index (χ0v) is 18.0. The van der Waals surface area contributed by atoms with Crippen molar-refractivity contribution >= 4 is 46.0 Å². The molecule has 0 fully saturated rings. The standard InChI is InChI=1S/C20H13ClF3N5O3S/c21-11-1-5-13(6-2-11)29-17-15(9-25-29)18(31)28-19(27-17)33-10-16(30)26-12-3-7-14(8-4-12)32-20(22,23)24/h1-9H,10H2,(H,26,30)(H,27,28,31). The van der Waals surface area contributed by atoms with Crippen LogP contribution >= 0.6 is 23.4 Å². The highest BCUT2D eigenvalue weighted by Crippen LogP contribution is 2.24. The fourth-order valence-corrected chi connectivity index (χ4v) is 3.59. The second-order valence-corrected chi connectivity index (χ2v) is 7.95. The molecule has 0 aliphatic heterocycles. The van der Waals surface area contributed by atoms with E-state index in [4.69, 9.17) is 11.6 Å². The van der Waals surface area contributed by atoms with Crippen molar-refractivity contribution < 1.29 is 22.7 Å². The fraction of sp³-hybridized carbons (Fsp3) is 0.100. The molecule has 33 heavy (non-hydrogen) atoms. The summed E-state index contributed by atoms with van der Waals surface area (Å²) in [6.07, 6.45) is -3.40. The number of anilines is 1. The molecule has 2 heterocycles. The monoisotopic (exact) mass is 495 g/mol. The maximum Gasteiger partial charge on any atom is 0.573 e. The minimum atomic E-state index is -4.80. The molecule has 0 unspecified atom stereocenters. The fourth-order valence-electron chi connectivity index (χ4n) is 2.81. The van der Waals surface area contributed by atoms with Crippen LogP contribution in [0.1, 0.15) is 0 Å². The summed E-state index contributed by atoms with van der Waals surface area (Å²) in [5, 5.41) is 7.77. The Balaban J connectivity index is 1.44. The molecule has 0 aliphatic carbocycles. The van der Waals surface area contributed by atoms with Gasteiger partial charge in [0.25, 0.3) is 5.56 Å². The van der Waals surface area contributed by atoms with E-state index in [1.54, 1.807) is 24.3 Å². The van der Waals surface area contributed by atoms with Crippen LogP contribution in [0.4, 0.5) is 18.9 Å². The summed E-state index contributed by atoms with van der Waals surface area (Å²) in [4.78, 5) is 31.6. The number of aromatic amines is 1. The molecular weight excluding hydrogens is 483 g/mol. The molecule has 0 atom stereocenters. The van der Waals surface area contributed by atoms with Crippen LogP contribution < -0.4 is 15.6 Å². The number of hydrogen-bond donors (Lipinski definition) is 2. The van der Waals surface area contributed by atoms with Crippen molar-refractivity contribution in [2.24, 2.45) is 0 Å². The number of fused-ring (bicyclic) bond motifs is 1. The molecule has 4 aromatic rings. The Labute approximate surface area is 192 Å². The van der Waals surface area contributed by atoms with Crippen molar-refractivity contribution in [1.82, 2.24) is 19.7 Å². The number of ether oxygens (including phenoxy) is 1. The summed E-state index contributed by atoms with van der Waals surface area (Å²) in [7, 11) is 0. The molecule has 2 N–H and O–H groups in total. The van der Waals surface area contributed by atoms with E-state index in [2.05, 4.69) is 25.1 Å². The van der Waals surface area contributed by atoms with Gasteiger partial charge in [0.15, 0.2) is 10.8 Å². The highest BCUT2D eigenvalue weighted by atomic mass is 35.5. The summed E-state index contributed by atoms with van der Waals surface area (Å²) >= 11 is 6.89. The molecule has 0 bridgehead atoms. The molecule has 0 saturated heterocycles. The van der Waals surface area contributed by atoms with Crippen LogP contribution in [0.3, 0.4) is 0 Å². The van der Waals surface area contributed by atoms with Crippen LogP contribution in [0.25, 0.3) is 16.7 Å². The zero-order valence-electron chi connectivity index (χ0n) is 16.4. The van der Waals surface area contributed by atoms with E-state index in [0.29, 0.717) is 16.4 Å². The number of rotatable bonds is 6. The molecule has 2 aromatic heterocycles. The molecule has 13 heteroatoms. The maximum atomic E-state index is 12.4. The van der Waals surface area contributed by atoms with E-state index in [-0.39, 0.29) is 22.0 Å². The minimum Gasteiger partial charge on any atom is -0.406 e. The number of alkyl halides is 3. The number of carbonyl (C=O) groups excluding carboxylic acids is 1. The molecule has 0 spiro atoms. The first-order chi connectivity index (χ1) is 15.7. The number of aromatic nitrogens is 4. The van der Waals surface area contributed by atoms with Gasteiger partial charge in [-0.15, -0.1) is 13.2 Å². The van der Waals surface area contributed by atoms with Crippen molar-refractivity contribution in [3.05, 3.63) is 70.1 Å². The summed E-state index contributed by atoms with van der Waals surface area (Å²) in [5.41, 5.74) is 0.833. The molecule has 170 valence electrons. The van der Waals surface area contributed by atoms with Crippen LogP contribution in [-0.2, 0) is 4.79 Å². The number of hydrogen-bond acceptors (Lipinski definition) is 6. The summed E-state index contributed by atoms with van der Waals surface area (Å²) in [6.45, 7) is 0. The van der Waals surface area contributed by atoms with Crippen LogP contribution in [0, 0.1) is 0 Å². The Hall–Kier alpha value is -3.51. The van der Waals surface area contributed by atoms with Crippen LogP contribution in [0.2, 0.25) is 5.02 Å². The molecule has 1 amide bonds. The molecule has 8 nitrogen and oxygen atoms in total. The quantitative estimate of drug-likeness (QED) is 0.304. The van der Waals surface area contributed by atoms with Gasteiger partial charge in [0.2, 0.25) is 5.91 Å². The van der Waals surface area contributed by atoms with E-state index in [0.717, 1.165) is 23.9 Å². The lowest BCUT2D eigenvalue weighted by atomic mass is 10.3.